The van der Waals surface area contributed by atoms with Gasteiger partial charge in [0.25, 0.3) is 0 Å². The molecule has 0 saturated carbocycles. The van der Waals surface area contributed by atoms with Crippen LogP contribution in [-0.4, -0.2) is 16.0 Å². The van der Waals surface area contributed by atoms with Crippen LogP contribution < -0.4 is 10.6 Å². The third-order valence-electron chi connectivity index (χ3n) is 5.91. The van der Waals surface area contributed by atoms with Crippen LogP contribution in [-0.2, 0) is 4.79 Å². The zero-order valence-corrected chi connectivity index (χ0v) is 22.5. The van der Waals surface area contributed by atoms with E-state index < -0.39 is 0 Å². The lowest BCUT2D eigenvalue weighted by molar-refractivity contribution is -0.115. The number of aromatic nitrogens is 1. The van der Waals surface area contributed by atoms with Crippen LogP contribution in [0.4, 0.5) is 5.69 Å². The lowest BCUT2D eigenvalue weighted by Gasteiger charge is -2.08. The van der Waals surface area contributed by atoms with Gasteiger partial charge in [0.2, 0.25) is 11.8 Å². The van der Waals surface area contributed by atoms with Crippen LogP contribution in [0, 0.1) is 20.8 Å². The number of halogens is 1. The summed E-state index contributed by atoms with van der Waals surface area (Å²) in [5, 5.41) is 6.50. The van der Waals surface area contributed by atoms with E-state index in [2.05, 4.69) is 21.7 Å². The molecule has 5 rings (SSSR count). The van der Waals surface area contributed by atoms with Crippen molar-refractivity contribution in [3.8, 4) is 22.8 Å². The Labute approximate surface area is 230 Å². The van der Waals surface area contributed by atoms with E-state index >= 15 is 0 Å². The van der Waals surface area contributed by atoms with E-state index in [9.17, 15) is 4.79 Å². The second-order valence-electron chi connectivity index (χ2n) is 8.97. The zero-order valence-electron chi connectivity index (χ0n) is 21.0. The van der Waals surface area contributed by atoms with Crippen molar-refractivity contribution in [2.24, 2.45) is 0 Å². The number of thiocarbonyl (C=S) groups is 1. The first-order valence-electron chi connectivity index (χ1n) is 11.9. The molecular formula is C30H24ClN3O3S. The minimum Gasteiger partial charge on any atom is -0.457 e. The second-order valence-corrected chi connectivity index (χ2v) is 9.79. The van der Waals surface area contributed by atoms with Gasteiger partial charge in [0.1, 0.15) is 17.0 Å². The molecule has 0 bridgehead atoms. The summed E-state index contributed by atoms with van der Waals surface area (Å²) >= 11 is 11.5. The molecule has 0 aliphatic heterocycles. The molecule has 38 heavy (non-hydrogen) atoms. The number of aryl methyl sites for hydroxylation is 3. The first-order valence-corrected chi connectivity index (χ1v) is 12.7. The fourth-order valence-corrected chi connectivity index (χ4v) is 4.45. The van der Waals surface area contributed by atoms with Gasteiger partial charge < -0.3 is 14.2 Å². The molecule has 3 aromatic carbocycles. The molecular weight excluding hydrogens is 518 g/mol. The summed E-state index contributed by atoms with van der Waals surface area (Å²) in [4.78, 5) is 17.0. The minimum absolute atomic E-state index is 0.162. The number of hydrogen-bond donors (Lipinski definition) is 2. The van der Waals surface area contributed by atoms with E-state index in [4.69, 9.17) is 32.7 Å². The summed E-state index contributed by atoms with van der Waals surface area (Å²) in [7, 11) is 0. The third kappa shape index (κ3) is 5.69. The molecule has 190 valence electrons. The smallest absolute Gasteiger partial charge is 0.250 e. The molecule has 0 saturated heterocycles. The highest BCUT2D eigenvalue weighted by Crippen LogP contribution is 2.29. The molecule has 0 radical (unpaired) electrons. The number of oxazole rings is 1. The average molecular weight is 542 g/mol. The van der Waals surface area contributed by atoms with Crippen LogP contribution in [0.5, 0.6) is 0 Å². The standard InChI is InChI=1S/C30H24ClN3O3S/c1-17-13-19(3)28-25(14-17)33-29(37-28)21-5-4-6-22(15-21)32-30(38)34-27(35)12-10-23-9-11-26(36-23)20-8-7-18(2)24(31)16-20/h4-16H,1-3H3,(H2,32,34,35,38)/b12-10+. The Kier molecular flexibility index (Phi) is 7.13. The molecule has 6 nitrogen and oxygen atoms in total. The SMILES string of the molecule is Cc1cc(C)c2oc(-c3cccc(NC(=S)NC(=O)/C=C/c4ccc(-c5ccc(C)c(Cl)c5)o4)c3)nc2c1. The zero-order chi connectivity index (χ0) is 26.8. The van der Waals surface area contributed by atoms with Crippen molar-refractivity contribution < 1.29 is 13.6 Å². The topological polar surface area (TPSA) is 80.3 Å². The maximum Gasteiger partial charge on any atom is 0.250 e. The number of furan rings is 1. The highest BCUT2D eigenvalue weighted by atomic mass is 35.5. The van der Waals surface area contributed by atoms with Crippen molar-refractivity contribution in [1.29, 1.82) is 0 Å². The van der Waals surface area contributed by atoms with Crippen LogP contribution in [0.3, 0.4) is 0 Å². The van der Waals surface area contributed by atoms with Crippen molar-refractivity contribution in [2.75, 3.05) is 5.32 Å². The third-order valence-corrected chi connectivity index (χ3v) is 6.52. The van der Waals surface area contributed by atoms with Crippen LogP contribution >= 0.6 is 23.8 Å². The summed E-state index contributed by atoms with van der Waals surface area (Å²) < 4.78 is 11.8. The number of benzene rings is 3. The Morgan fingerprint density at radius 2 is 1.79 bits per heavy atom. The molecule has 0 unspecified atom stereocenters. The molecule has 5 aromatic rings. The van der Waals surface area contributed by atoms with E-state index in [0.717, 1.165) is 38.9 Å². The number of anilines is 1. The molecule has 2 N–H and O–H groups in total. The number of nitrogens with zero attached hydrogens (tertiary/aromatic N) is 1. The Balaban J connectivity index is 1.21. The number of nitrogens with one attached hydrogen (secondary N) is 2. The maximum absolute atomic E-state index is 12.4. The largest absolute Gasteiger partial charge is 0.457 e. The van der Waals surface area contributed by atoms with Gasteiger partial charge in [-0.05, 0) is 98.2 Å². The van der Waals surface area contributed by atoms with Gasteiger partial charge in [0.15, 0.2) is 10.7 Å². The number of hydrogen-bond acceptors (Lipinski definition) is 5. The number of carbonyl (C=O) groups is 1. The summed E-state index contributed by atoms with van der Waals surface area (Å²) in [5.41, 5.74) is 7.09. The molecule has 2 heterocycles. The molecule has 0 spiro atoms. The number of rotatable bonds is 5. The van der Waals surface area contributed by atoms with Gasteiger partial charge in [-0.2, -0.15) is 0 Å². The predicted octanol–water partition coefficient (Wildman–Crippen LogP) is 7.86. The van der Waals surface area contributed by atoms with Gasteiger partial charge in [-0.3, -0.25) is 10.1 Å². The van der Waals surface area contributed by atoms with Crippen molar-refractivity contribution >= 4 is 57.7 Å². The van der Waals surface area contributed by atoms with Crippen molar-refractivity contribution in [1.82, 2.24) is 10.3 Å². The predicted molar refractivity (Wildman–Crippen MR) is 156 cm³/mol. The van der Waals surface area contributed by atoms with E-state index in [1.807, 2.05) is 75.4 Å². The average Bonchev–Trinajstić information content (AvgIpc) is 3.52. The summed E-state index contributed by atoms with van der Waals surface area (Å²) in [6.45, 7) is 5.97. The van der Waals surface area contributed by atoms with Crippen molar-refractivity contribution in [3.05, 3.63) is 100 Å². The van der Waals surface area contributed by atoms with Crippen LogP contribution in [0.15, 0.2) is 81.6 Å². The molecule has 2 aromatic heterocycles. The number of fused-ring (bicyclic) bond motifs is 1. The lowest BCUT2D eigenvalue weighted by Crippen LogP contribution is -2.32. The van der Waals surface area contributed by atoms with Crippen molar-refractivity contribution in [2.45, 2.75) is 20.8 Å². The van der Waals surface area contributed by atoms with Gasteiger partial charge in [-0.15, -0.1) is 0 Å². The van der Waals surface area contributed by atoms with Gasteiger partial charge >= 0.3 is 0 Å². The normalized spacial score (nSPS) is 11.3. The molecule has 0 aliphatic rings. The quantitative estimate of drug-likeness (QED) is 0.174. The monoisotopic (exact) mass is 541 g/mol. The summed E-state index contributed by atoms with van der Waals surface area (Å²) in [6.07, 6.45) is 2.94. The number of carbonyl (C=O) groups excluding carboxylic acids is 1. The molecule has 1 amide bonds. The van der Waals surface area contributed by atoms with Gasteiger partial charge in [-0.25, -0.2) is 4.98 Å². The molecule has 0 fully saturated rings. The lowest BCUT2D eigenvalue weighted by atomic mass is 10.1. The Morgan fingerprint density at radius 3 is 2.61 bits per heavy atom. The van der Waals surface area contributed by atoms with Gasteiger partial charge in [-0.1, -0.05) is 35.9 Å². The Bertz CT molecular complexity index is 1720. The minimum atomic E-state index is -0.389. The summed E-state index contributed by atoms with van der Waals surface area (Å²) in [6, 6.07) is 20.9. The van der Waals surface area contributed by atoms with Crippen LogP contribution in [0.1, 0.15) is 22.5 Å². The first-order chi connectivity index (χ1) is 18.2. The van der Waals surface area contributed by atoms with E-state index in [-0.39, 0.29) is 11.0 Å². The fourth-order valence-electron chi connectivity index (χ4n) is 4.05. The second kappa shape index (κ2) is 10.7. The highest BCUT2D eigenvalue weighted by molar-refractivity contribution is 7.80. The van der Waals surface area contributed by atoms with Crippen molar-refractivity contribution in [3.63, 3.8) is 0 Å². The Hall–Kier alpha value is -4.20. The summed E-state index contributed by atoms with van der Waals surface area (Å²) in [5.74, 6) is 1.32. The van der Waals surface area contributed by atoms with Crippen LogP contribution in [0.2, 0.25) is 5.02 Å². The number of amides is 1. The molecule has 0 atom stereocenters. The first kappa shape index (κ1) is 25.4. The Morgan fingerprint density at radius 1 is 0.947 bits per heavy atom. The fraction of sp³-hybridized carbons (Fsp3) is 0.100. The van der Waals surface area contributed by atoms with E-state index in [1.54, 1.807) is 12.1 Å². The van der Waals surface area contributed by atoms with E-state index in [0.29, 0.717) is 28.1 Å². The van der Waals surface area contributed by atoms with Crippen LogP contribution in [0.25, 0.3) is 40.0 Å². The molecule has 0 aliphatic carbocycles. The molecule has 8 heteroatoms. The van der Waals surface area contributed by atoms with Gasteiger partial charge in [0.05, 0.1) is 0 Å². The van der Waals surface area contributed by atoms with Gasteiger partial charge in [0, 0.05) is 27.9 Å². The van der Waals surface area contributed by atoms with E-state index in [1.165, 1.54) is 6.08 Å². The highest BCUT2D eigenvalue weighted by Gasteiger charge is 2.12. The maximum atomic E-state index is 12.4.